The van der Waals surface area contributed by atoms with Gasteiger partial charge in [-0.05, 0) is 25.2 Å². The summed E-state index contributed by atoms with van der Waals surface area (Å²) in [6, 6.07) is 0. The van der Waals surface area contributed by atoms with E-state index in [2.05, 4.69) is 25.7 Å². The lowest BCUT2D eigenvalue weighted by atomic mass is 9.99. The molecule has 3 heteroatoms. The molecular formula is C12H25NO2. The van der Waals surface area contributed by atoms with Gasteiger partial charge in [0.25, 0.3) is 0 Å². The van der Waals surface area contributed by atoms with Gasteiger partial charge in [-0.15, -0.1) is 0 Å². The predicted octanol–water partition coefficient (Wildman–Crippen LogP) is 1.85. The summed E-state index contributed by atoms with van der Waals surface area (Å²) in [5, 5.41) is 10.2. The van der Waals surface area contributed by atoms with Gasteiger partial charge >= 0.3 is 0 Å². The highest BCUT2D eigenvalue weighted by molar-refractivity contribution is 4.79. The second-order valence-electron chi connectivity index (χ2n) is 5.96. The Morgan fingerprint density at radius 1 is 1.07 bits per heavy atom. The second-order valence-corrected chi connectivity index (χ2v) is 5.96. The maximum absolute atomic E-state index is 10.2. The lowest BCUT2D eigenvalue weighted by Gasteiger charge is -2.34. The third-order valence-electron chi connectivity index (χ3n) is 2.70. The van der Waals surface area contributed by atoms with Crippen LogP contribution in [0.25, 0.3) is 0 Å². The van der Waals surface area contributed by atoms with E-state index >= 15 is 0 Å². The van der Waals surface area contributed by atoms with Crippen molar-refractivity contribution in [1.29, 1.82) is 0 Å². The van der Waals surface area contributed by atoms with Crippen molar-refractivity contribution in [2.24, 2.45) is 5.41 Å². The lowest BCUT2D eigenvalue weighted by Crippen LogP contribution is -2.48. The molecular weight excluding hydrogens is 190 g/mol. The van der Waals surface area contributed by atoms with Crippen LogP contribution in [0, 0.1) is 5.41 Å². The van der Waals surface area contributed by atoms with Crippen LogP contribution in [-0.2, 0) is 4.74 Å². The van der Waals surface area contributed by atoms with Gasteiger partial charge < -0.3 is 9.84 Å². The van der Waals surface area contributed by atoms with Gasteiger partial charge in [0.1, 0.15) is 5.72 Å². The molecule has 0 spiro atoms. The van der Waals surface area contributed by atoms with E-state index in [0.717, 1.165) is 13.1 Å². The first-order valence-electron chi connectivity index (χ1n) is 5.86. The molecule has 1 heterocycles. The van der Waals surface area contributed by atoms with Crippen LogP contribution in [-0.4, -0.2) is 42.0 Å². The van der Waals surface area contributed by atoms with Crippen LogP contribution >= 0.6 is 0 Å². The summed E-state index contributed by atoms with van der Waals surface area (Å²) in [6.45, 7) is 11.3. The highest BCUT2D eigenvalue weighted by Gasteiger charge is 2.31. The first kappa shape index (κ1) is 12.9. The highest BCUT2D eigenvalue weighted by atomic mass is 16.5. The smallest absolute Gasteiger partial charge is 0.139 e. The standard InChI is InChI=1S/C12H25NO2/c1-11(2,3)9-15-10-12(4,14)13-7-5-6-8-13/h14H,5-10H2,1-4H3. The minimum atomic E-state index is -0.790. The fourth-order valence-electron chi connectivity index (χ4n) is 1.84. The minimum absolute atomic E-state index is 0.168. The van der Waals surface area contributed by atoms with E-state index in [1.165, 1.54) is 12.8 Å². The molecule has 1 saturated heterocycles. The van der Waals surface area contributed by atoms with E-state index in [9.17, 15) is 5.11 Å². The summed E-state index contributed by atoms with van der Waals surface area (Å²) >= 11 is 0. The largest absolute Gasteiger partial charge is 0.376 e. The fourth-order valence-corrected chi connectivity index (χ4v) is 1.84. The van der Waals surface area contributed by atoms with Crippen LogP contribution in [0.15, 0.2) is 0 Å². The van der Waals surface area contributed by atoms with Gasteiger partial charge in [-0.1, -0.05) is 20.8 Å². The zero-order valence-corrected chi connectivity index (χ0v) is 10.5. The zero-order chi connectivity index (χ0) is 11.5. The van der Waals surface area contributed by atoms with Crippen molar-refractivity contribution < 1.29 is 9.84 Å². The molecule has 1 aliphatic heterocycles. The molecule has 0 bridgehead atoms. The van der Waals surface area contributed by atoms with E-state index in [4.69, 9.17) is 4.74 Å². The summed E-state index contributed by atoms with van der Waals surface area (Å²) < 4.78 is 5.58. The van der Waals surface area contributed by atoms with Gasteiger partial charge in [0.05, 0.1) is 13.2 Å². The van der Waals surface area contributed by atoms with Crippen molar-refractivity contribution in [3.05, 3.63) is 0 Å². The molecule has 0 aromatic carbocycles. The molecule has 0 aromatic rings. The fraction of sp³-hybridized carbons (Fsp3) is 1.00. The molecule has 1 N–H and O–H groups in total. The maximum Gasteiger partial charge on any atom is 0.139 e. The van der Waals surface area contributed by atoms with Gasteiger partial charge in [0.15, 0.2) is 0 Å². The number of rotatable bonds is 4. The average Bonchev–Trinajstić information content (AvgIpc) is 2.52. The molecule has 0 aliphatic carbocycles. The number of likely N-dealkylation sites (tertiary alicyclic amines) is 1. The Labute approximate surface area is 93.4 Å². The molecule has 0 amide bonds. The van der Waals surface area contributed by atoms with Crippen LogP contribution in [0.5, 0.6) is 0 Å². The number of ether oxygens (including phenoxy) is 1. The van der Waals surface area contributed by atoms with Gasteiger partial charge in [0, 0.05) is 13.1 Å². The molecule has 1 atom stereocenters. The average molecular weight is 215 g/mol. The third-order valence-corrected chi connectivity index (χ3v) is 2.70. The van der Waals surface area contributed by atoms with Crippen molar-refractivity contribution >= 4 is 0 Å². The Balaban J connectivity index is 2.29. The van der Waals surface area contributed by atoms with E-state index in [1.807, 2.05) is 6.92 Å². The molecule has 0 saturated carbocycles. The van der Waals surface area contributed by atoms with Crippen LogP contribution in [0.4, 0.5) is 0 Å². The summed E-state index contributed by atoms with van der Waals surface area (Å²) in [7, 11) is 0. The van der Waals surface area contributed by atoms with Crippen molar-refractivity contribution in [3.8, 4) is 0 Å². The molecule has 1 aliphatic rings. The molecule has 0 aromatic heterocycles. The second kappa shape index (κ2) is 4.81. The first-order valence-corrected chi connectivity index (χ1v) is 5.86. The highest BCUT2D eigenvalue weighted by Crippen LogP contribution is 2.20. The quantitative estimate of drug-likeness (QED) is 0.777. The van der Waals surface area contributed by atoms with Crippen molar-refractivity contribution in [3.63, 3.8) is 0 Å². The van der Waals surface area contributed by atoms with Crippen molar-refractivity contribution in [1.82, 2.24) is 4.90 Å². The van der Waals surface area contributed by atoms with Gasteiger partial charge in [-0.2, -0.15) is 0 Å². The maximum atomic E-state index is 10.2. The van der Waals surface area contributed by atoms with Crippen molar-refractivity contribution in [2.45, 2.75) is 46.3 Å². The summed E-state index contributed by atoms with van der Waals surface area (Å²) in [6.07, 6.45) is 2.38. The number of aliphatic hydroxyl groups is 1. The van der Waals surface area contributed by atoms with Gasteiger partial charge in [0.2, 0.25) is 0 Å². The van der Waals surface area contributed by atoms with E-state index in [-0.39, 0.29) is 5.41 Å². The Kier molecular flexibility index (Phi) is 4.15. The molecule has 1 rings (SSSR count). The van der Waals surface area contributed by atoms with E-state index < -0.39 is 5.72 Å². The predicted molar refractivity (Wildman–Crippen MR) is 61.7 cm³/mol. The monoisotopic (exact) mass is 215 g/mol. The first-order chi connectivity index (χ1) is 6.81. The Bertz CT molecular complexity index is 190. The molecule has 15 heavy (non-hydrogen) atoms. The van der Waals surface area contributed by atoms with Crippen molar-refractivity contribution in [2.75, 3.05) is 26.3 Å². The SMILES string of the molecule is CC(C)(C)COCC(C)(O)N1CCCC1. The van der Waals surface area contributed by atoms with Crippen LogP contribution in [0.3, 0.4) is 0 Å². The summed E-state index contributed by atoms with van der Waals surface area (Å²) in [5.74, 6) is 0. The number of hydrogen-bond acceptors (Lipinski definition) is 3. The Morgan fingerprint density at radius 3 is 2.07 bits per heavy atom. The van der Waals surface area contributed by atoms with Gasteiger partial charge in [-0.25, -0.2) is 0 Å². The Hall–Kier alpha value is -0.120. The Morgan fingerprint density at radius 2 is 1.60 bits per heavy atom. The minimum Gasteiger partial charge on any atom is -0.376 e. The summed E-state index contributed by atoms with van der Waals surface area (Å²) in [4.78, 5) is 2.11. The van der Waals surface area contributed by atoms with Crippen LogP contribution in [0.2, 0.25) is 0 Å². The molecule has 3 nitrogen and oxygen atoms in total. The normalized spacial score (nSPS) is 23.0. The zero-order valence-electron chi connectivity index (χ0n) is 10.5. The number of hydrogen-bond donors (Lipinski definition) is 1. The number of nitrogens with zero attached hydrogens (tertiary/aromatic N) is 1. The van der Waals surface area contributed by atoms with E-state index in [0.29, 0.717) is 13.2 Å². The molecule has 0 radical (unpaired) electrons. The van der Waals surface area contributed by atoms with E-state index in [1.54, 1.807) is 0 Å². The summed E-state index contributed by atoms with van der Waals surface area (Å²) in [5.41, 5.74) is -0.622. The van der Waals surface area contributed by atoms with Crippen LogP contribution in [0.1, 0.15) is 40.5 Å². The van der Waals surface area contributed by atoms with Crippen LogP contribution < -0.4 is 0 Å². The topological polar surface area (TPSA) is 32.7 Å². The van der Waals surface area contributed by atoms with Gasteiger partial charge in [-0.3, -0.25) is 4.90 Å². The molecule has 90 valence electrons. The third kappa shape index (κ3) is 4.49. The molecule has 1 unspecified atom stereocenters. The molecule has 1 fully saturated rings. The lowest BCUT2D eigenvalue weighted by molar-refractivity contribution is -0.138.